The number of ether oxygens (including phenoxy) is 3. The third-order valence-electron chi connectivity index (χ3n) is 8.55. The number of benzene rings is 5. The van der Waals surface area contributed by atoms with Crippen LogP contribution in [0, 0.1) is 0 Å². The van der Waals surface area contributed by atoms with Gasteiger partial charge >= 0.3 is 0 Å². The van der Waals surface area contributed by atoms with Gasteiger partial charge in [0.1, 0.15) is 29.6 Å². The highest BCUT2D eigenvalue weighted by atomic mass is 16.5. The number of hydrogen-bond acceptors (Lipinski definition) is 8. The second-order valence-corrected chi connectivity index (χ2v) is 12.0. The highest BCUT2D eigenvalue weighted by molar-refractivity contribution is 5.86. The number of nitrogens with zero attached hydrogens (tertiary/aromatic N) is 2. The molecule has 0 radical (unpaired) electrons. The average molecular weight is 656 g/mol. The third-order valence-corrected chi connectivity index (χ3v) is 8.55. The molecule has 0 bridgehead atoms. The number of methoxy groups -OCH3 is 1. The molecule has 1 aromatic heterocycles. The molecule has 4 N–H and O–H groups in total. The van der Waals surface area contributed by atoms with Crippen molar-refractivity contribution in [3.8, 4) is 23.0 Å². The molecule has 2 atom stereocenters. The maximum Gasteiger partial charge on any atom is 0.142 e. The van der Waals surface area contributed by atoms with Crippen molar-refractivity contribution < 1.29 is 24.4 Å². The first-order valence-electron chi connectivity index (χ1n) is 16.3. The average Bonchev–Trinajstić information content (AvgIpc) is 3.14. The summed E-state index contributed by atoms with van der Waals surface area (Å²) in [4.78, 5) is 6.57. The quantitative estimate of drug-likeness (QED) is 0.0987. The van der Waals surface area contributed by atoms with Gasteiger partial charge in [0, 0.05) is 36.8 Å². The maximum atomic E-state index is 11.4. The van der Waals surface area contributed by atoms with Crippen molar-refractivity contribution in [2.45, 2.75) is 31.7 Å². The summed E-state index contributed by atoms with van der Waals surface area (Å²) < 4.78 is 17.5. The predicted octanol–water partition coefficient (Wildman–Crippen LogP) is 7.34. The SMILES string of the molecule is COc1ccc2c(Oc3ccc(C[C@@H](CO)N(Cc4ccccc4)C[C@@H](O)c4ccc(OCc5ccccc5)c(N)c4)cc3)ccnc2c1. The molecule has 250 valence electrons. The van der Waals surface area contributed by atoms with Gasteiger partial charge in [-0.3, -0.25) is 9.88 Å². The molecular formula is C41H41N3O5. The Kier molecular flexibility index (Phi) is 11.0. The normalized spacial score (nSPS) is 12.5. The van der Waals surface area contributed by atoms with Crippen LogP contribution < -0.4 is 19.9 Å². The Labute approximate surface area is 287 Å². The molecule has 0 aliphatic carbocycles. The summed E-state index contributed by atoms with van der Waals surface area (Å²) >= 11 is 0. The lowest BCUT2D eigenvalue weighted by molar-refractivity contribution is 0.0566. The van der Waals surface area contributed by atoms with E-state index < -0.39 is 6.10 Å². The summed E-state index contributed by atoms with van der Waals surface area (Å²) in [5.74, 6) is 2.70. The number of nitrogen functional groups attached to an aromatic ring is 1. The molecule has 5 aromatic carbocycles. The van der Waals surface area contributed by atoms with Crippen LogP contribution in [0.2, 0.25) is 0 Å². The molecule has 0 saturated carbocycles. The van der Waals surface area contributed by atoms with Gasteiger partial charge in [-0.05, 0) is 71.1 Å². The van der Waals surface area contributed by atoms with E-state index in [0.717, 1.165) is 33.3 Å². The van der Waals surface area contributed by atoms with Crippen LogP contribution in [0.5, 0.6) is 23.0 Å². The van der Waals surface area contributed by atoms with Gasteiger partial charge in [-0.15, -0.1) is 0 Å². The molecule has 0 aliphatic heterocycles. The van der Waals surface area contributed by atoms with Gasteiger partial charge in [0.15, 0.2) is 0 Å². The molecule has 0 amide bonds. The molecule has 0 spiro atoms. The van der Waals surface area contributed by atoms with Gasteiger partial charge in [0.2, 0.25) is 0 Å². The number of nitrogens with two attached hydrogens (primary N) is 1. The van der Waals surface area contributed by atoms with Gasteiger partial charge in [-0.2, -0.15) is 0 Å². The first-order valence-corrected chi connectivity index (χ1v) is 16.3. The fraction of sp³-hybridized carbons (Fsp3) is 0.195. The topological polar surface area (TPSA) is 110 Å². The van der Waals surface area contributed by atoms with Crippen LogP contribution in [-0.4, -0.2) is 46.4 Å². The monoisotopic (exact) mass is 655 g/mol. The maximum absolute atomic E-state index is 11.4. The third kappa shape index (κ3) is 8.74. The standard InChI is InChI=1S/C41H41N3O5/c1-47-35-17-18-36-38(24-35)43-21-20-40(36)49-34-15-12-29(13-16-34)22-33(27-45)44(25-30-8-4-2-5-9-30)26-39(46)32-14-19-41(37(42)23-32)48-28-31-10-6-3-7-11-31/h2-21,23-24,33,39,45-46H,22,25-28,42H2,1H3/t33-,39+/m0/s1. The van der Waals surface area contributed by atoms with Crippen LogP contribution in [0.4, 0.5) is 5.69 Å². The van der Waals surface area contributed by atoms with Crippen molar-refractivity contribution in [2.24, 2.45) is 0 Å². The number of aliphatic hydroxyl groups excluding tert-OH is 2. The van der Waals surface area contributed by atoms with Gasteiger partial charge in [-0.25, -0.2) is 0 Å². The van der Waals surface area contributed by atoms with Crippen LogP contribution in [0.15, 0.2) is 134 Å². The first kappa shape index (κ1) is 33.5. The number of pyridine rings is 1. The van der Waals surface area contributed by atoms with E-state index in [9.17, 15) is 10.2 Å². The van der Waals surface area contributed by atoms with E-state index in [1.54, 1.807) is 25.4 Å². The van der Waals surface area contributed by atoms with Gasteiger partial charge in [0.05, 0.1) is 31.0 Å². The van der Waals surface area contributed by atoms with Crippen LogP contribution in [0.3, 0.4) is 0 Å². The molecule has 6 rings (SSSR count). The zero-order valence-electron chi connectivity index (χ0n) is 27.5. The number of aromatic nitrogens is 1. The second-order valence-electron chi connectivity index (χ2n) is 12.0. The minimum absolute atomic E-state index is 0.0846. The van der Waals surface area contributed by atoms with Crippen molar-refractivity contribution in [3.63, 3.8) is 0 Å². The second kappa shape index (κ2) is 16.1. The van der Waals surface area contributed by atoms with Gasteiger partial charge < -0.3 is 30.2 Å². The Bertz CT molecular complexity index is 1940. The number of rotatable bonds is 15. The van der Waals surface area contributed by atoms with Gasteiger partial charge in [-0.1, -0.05) is 78.9 Å². The minimum Gasteiger partial charge on any atom is -0.497 e. The summed E-state index contributed by atoms with van der Waals surface area (Å²) in [5, 5.41) is 23.0. The molecule has 1 heterocycles. The van der Waals surface area contributed by atoms with E-state index in [1.165, 1.54) is 0 Å². The first-order chi connectivity index (χ1) is 24.0. The lowest BCUT2D eigenvalue weighted by Gasteiger charge is -2.33. The van der Waals surface area contributed by atoms with E-state index in [1.807, 2.05) is 103 Å². The molecule has 8 heteroatoms. The minimum atomic E-state index is -0.839. The highest BCUT2D eigenvalue weighted by Gasteiger charge is 2.23. The lowest BCUT2D eigenvalue weighted by atomic mass is 10.0. The van der Waals surface area contributed by atoms with Crippen molar-refractivity contribution in [3.05, 3.63) is 156 Å². The van der Waals surface area contributed by atoms with E-state index in [-0.39, 0.29) is 12.6 Å². The largest absolute Gasteiger partial charge is 0.497 e. The molecule has 0 fully saturated rings. The fourth-order valence-corrected chi connectivity index (χ4v) is 5.85. The van der Waals surface area contributed by atoms with Crippen molar-refractivity contribution >= 4 is 16.6 Å². The number of fused-ring (bicyclic) bond motifs is 1. The Morgan fingerprint density at radius 2 is 1.47 bits per heavy atom. The molecule has 0 saturated heterocycles. The molecular weight excluding hydrogens is 614 g/mol. The molecule has 49 heavy (non-hydrogen) atoms. The van der Waals surface area contributed by atoms with E-state index in [4.69, 9.17) is 19.9 Å². The molecule has 0 unspecified atom stereocenters. The van der Waals surface area contributed by atoms with Crippen LogP contribution in [0.1, 0.15) is 28.4 Å². The predicted molar refractivity (Wildman–Crippen MR) is 193 cm³/mol. The van der Waals surface area contributed by atoms with Crippen LogP contribution in [-0.2, 0) is 19.6 Å². The summed E-state index contributed by atoms with van der Waals surface area (Å²) in [7, 11) is 1.63. The zero-order chi connectivity index (χ0) is 34.0. The zero-order valence-corrected chi connectivity index (χ0v) is 27.5. The highest BCUT2D eigenvalue weighted by Crippen LogP contribution is 2.32. The molecule has 0 aliphatic rings. The van der Waals surface area contributed by atoms with Crippen molar-refractivity contribution in [1.82, 2.24) is 9.88 Å². The number of anilines is 1. The van der Waals surface area contributed by atoms with Crippen LogP contribution >= 0.6 is 0 Å². The Morgan fingerprint density at radius 3 is 2.16 bits per heavy atom. The van der Waals surface area contributed by atoms with Gasteiger partial charge in [0.25, 0.3) is 0 Å². The fourth-order valence-electron chi connectivity index (χ4n) is 5.85. The smallest absolute Gasteiger partial charge is 0.142 e. The molecule has 6 aromatic rings. The Balaban J connectivity index is 1.15. The van der Waals surface area contributed by atoms with Crippen molar-refractivity contribution in [1.29, 1.82) is 0 Å². The van der Waals surface area contributed by atoms with Crippen LogP contribution in [0.25, 0.3) is 10.9 Å². The Morgan fingerprint density at radius 1 is 0.755 bits per heavy atom. The van der Waals surface area contributed by atoms with Crippen molar-refractivity contribution in [2.75, 3.05) is 26.0 Å². The van der Waals surface area contributed by atoms with E-state index >= 15 is 0 Å². The number of aliphatic hydroxyl groups is 2. The summed E-state index contributed by atoms with van der Waals surface area (Å²) in [6.07, 6.45) is 1.45. The summed E-state index contributed by atoms with van der Waals surface area (Å²) in [5.41, 5.74) is 11.5. The van der Waals surface area contributed by atoms with E-state index in [0.29, 0.717) is 54.6 Å². The summed E-state index contributed by atoms with van der Waals surface area (Å²) in [6.45, 7) is 1.17. The summed E-state index contributed by atoms with van der Waals surface area (Å²) in [6, 6.07) is 40.5. The Hall–Kier alpha value is -5.41. The van der Waals surface area contributed by atoms with E-state index in [2.05, 4.69) is 22.0 Å². The number of hydrogen-bond donors (Lipinski definition) is 3. The lowest BCUT2D eigenvalue weighted by Crippen LogP contribution is -2.41. The molecule has 8 nitrogen and oxygen atoms in total.